The highest BCUT2D eigenvalue weighted by Crippen LogP contribution is 2.36. The summed E-state index contributed by atoms with van der Waals surface area (Å²) in [4.78, 5) is 19.4. The molecule has 0 saturated carbocycles. The summed E-state index contributed by atoms with van der Waals surface area (Å²) in [5.74, 6) is 7.44. The van der Waals surface area contributed by atoms with E-state index < -0.39 is 0 Å². The smallest absolute Gasteiger partial charge is 0.280 e. The van der Waals surface area contributed by atoms with Crippen molar-refractivity contribution in [2.75, 3.05) is 13.0 Å². The van der Waals surface area contributed by atoms with Gasteiger partial charge in [0.2, 0.25) is 0 Å². The normalized spacial score (nSPS) is 15.8. The molecular weight excluding hydrogens is 350 g/mol. The molecule has 26 heavy (non-hydrogen) atoms. The monoisotopic (exact) mass is 371 g/mol. The van der Waals surface area contributed by atoms with Gasteiger partial charge < -0.3 is 15.3 Å². The molecule has 0 amide bonds. The third kappa shape index (κ3) is 2.87. The molecule has 6 nitrogen and oxygen atoms in total. The molecule has 2 N–H and O–H groups in total. The summed E-state index contributed by atoms with van der Waals surface area (Å²) >= 11 is 1.53. The molecule has 0 saturated heterocycles. The van der Waals surface area contributed by atoms with Crippen molar-refractivity contribution in [3.63, 3.8) is 0 Å². The number of hydrogen-bond donors (Lipinski definition) is 1. The third-order valence-electron chi connectivity index (χ3n) is 4.73. The minimum Gasteiger partial charge on any atom is -0.497 e. The van der Waals surface area contributed by atoms with Crippen LogP contribution in [-0.2, 0) is 24.2 Å². The third-order valence-corrected chi connectivity index (χ3v) is 5.83. The fraction of sp³-hybridized carbons (Fsp3) is 0.368. The lowest BCUT2D eigenvalue weighted by Crippen LogP contribution is -2.34. The molecule has 1 aromatic carbocycles. The van der Waals surface area contributed by atoms with Crippen LogP contribution in [0.5, 0.6) is 5.75 Å². The summed E-state index contributed by atoms with van der Waals surface area (Å²) in [5.41, 5.74) is 1.58. The lowest BCUT2D eigenvalue weighted by atomic mass is 9.94. The molecular formula is C19H21N3O3S. The van der Waals surface area contributed by atoms with Gasteiger partial charge >= 0.3 is 0 Å². The first-order chi connectivity index (χ1) is 12.4. The number of methoxy groups -OCH3 is 1. The van der Waals surface area contributed by atoms with Crippen LogP contribution in [0.3, 0.4) is 0 Å². The summed E-state index contributed by atoms with van der Waals surface area (Å²) in [6, 6.07) is 7.67. The number of fused-ring (bicyclic) bond motifs is 3. The Bertz CT molecular complexity index is 1030. The van der Waals surface area contributed by atoms with Gasteiger partial charge in [-0.3, -0.25) is 4.79 Å². The Labute approximate surface area is 155 Å². The Balaban J connectivity index is 1.78. The maximum absolute atomic E-state index is 12.9. The number of ether oxygens (including phenoxy) is 2. The van der Waals surface area contributed by atoms with Crippen LogP contribution in [-0.4, -0.2) is 22.4 Å². The Morgan fingerprint density at radius 3 is 2.77 bits per heavy atom. The van der Waals surface area contributed by atoms with Crippen molar-refractivity contribution < 1.29 is 9.47 Å². The van der Waals surface area contributed by atoms with Crippen molar-refractivity contribution in [3.05, 3.63) is 56.4 Å². The summed E-state index contributed by atoms with van der Waals surface area (Å²) in [6.45, 7) is 4.58. The molecule has 3 aromatic rings. The topological polar surface area (TPSA) is 79.4 Å². The van der Waals surface area contributed by atoms with Crippen molar-refractivity contribution in [1.82, 2.24) is 9.66 Å². The van der Waals surface area contributed by atoms with Gasteiger partial charge in [0, 0.05) is 17.7 Å². The molecule has 0 aliphatic carbocycles. The molecule has 7 heteroatoms. The number of nitrogens with two attached hydrogens (primary N) is 1. The zero-order valence-electron chi connectivity index (χ0n) is 15.0. The van der Waals surface area contributed by atoms with Gasteiger partial charge in [-0.05, 0) is 37.1 Å². The molecule has 0 bridgehead atoms. The van der Waals surface area contributed by atoms with Crippen LogP contribution in [0.4, 0.5) is 0 Å². The van der Waals surface area contributed by atoms with E-state index in [0.717, 1.165) is 26.6 Å². The Morgan fingerprint density at radius 1 is 1.35 bits per heavy atom. The number of benzene rings is 1. The van der Waals surface area contributed by atoms with E-state index in [1.807, 2.05) is 38.1 Å². The van der Waals surface area contributed by atoms with E-state index in [0.29, 0.717) is 30.7 Å². The van der Waals surface area contributed by atoms with Gasteiger partial charge in [0.25, 0.3) is 5.56 Å². The number of thiophene rings is 1. The van der Waals surface area contributed by atoms with E-state index in [1.54, 1.807) is 7.11 Å². The number of nitrogen functional groups attached to an aromatic ring is 1. The SMILES string of the molecule is COc1ccc(Cc2nc3sc4c(c3c(=O)n2N)CC(C)(C)OC4)cc1. The fourth-order valence-corrected chi connectivity index (χ4v) is 4.41. The summed E-state index contributed by atoms with van der Waals surface area (Å²) in [7, 11) is 1.63. The highest BCUT2D eigenvalue weighted by atomic mass is 32.1. The maximum Gasteiger partial charge on any atom is 0.280 e. The van der Waals surface area contributed by atoms with Crippen molar-refractivity contribution >= 4 is 21.6 Å². The maximum atomic E-state index is 12.9. The van der Waals surface area contributed by atoms with Crippen molar-refractivity contribution in [1.29, 1.82) is 0 Å². The van der Waals surface area contributed by atoms with Gasteiger partial charge in [-0.1, -0.05) is 12.1 Å². The van der Waals surface area contributed by atoms with Crippen LogP contribution < -0.4 is 16.1 Å². The minimum absolute atomic E-state index is 0.186. The quantitative estimate of drug-likeness (QED) is 0.716. The zero-order chi connectivity index (χ0) is 18.5. The lowest BCUT2D eigenvalue weighted by Gasteiger charge is -2.29. The fourth-order valence-electron chi connectivity index (χ4n) is 3.30. The molecule has 0 atom stereocenters. The minimum atomic E-state index is -0.283. The molecule has 1 aliphatic heterocycles. The molecule has 2 aromatic heterocycles. The molecule has 1 aliphatic rings. The van der Waals surface area contributed by atoms with Crippen LogP contribution in [0, 0.1) is 0 Å². The Hall–Kier alpha value is -2.38. The van der Waals surface area contributed by atoms with E-state index in [2.05, 4.69) is 0 Å². The highest BCUT2D eigenvalue weighted by Gasteiger charge is 2.31. The molecule has 4 rings (SSSR count). The van der Waals surface area contributed by atoms with Crippen LogP contribution in [0.2, 0.25) is 0 Å². The number of hydrogen-bond acceptors (Lipinski definition) is 6. The average Bonchev–Trinajstić information content (AvgIpc) is 2.96. The van der Waals surface area contributed by atoms with E-state index in [-0.39, 0.29) is 11.2 Å². The standard InChI is InChI=1S/C19H21N3O3S/c1-19(2)9-13-14(10-25-19)26-17-16(13)18(23)22(20)15(21-17)8-11-4-6-12(24-3)7-5-11/h4-7H,8-10,20H2,1-3H3. The van der Waals surface area contributed by atoms with Crippen LogP contribution in [0.1, 0.15) is 35.7 Å². The van der Waals surface area contributed by atoms with Crippen LogP contribution in [0.25, 0.3) is 10.2 Å². The Morgan fingerprint density at radius 2 is 2.08 bits per heavy atom. The molecule has 0 spiro atoms. The van der Waals surface area contributed by atoms with Gasteiger partial charge in [-0.15, -0.1) is 11.3 Å². The summed E-state index contributed by atoms with van der Waals surface area (Å²) < 4.78 is 12.2. The van der Waals surface area contributed by atoms with Crippen LogP contribution in [0.15, 0.2) is 29.1 Å². The molecule has 0 radical (unpaired) electrons. The summed E-state index contributed by atoms with van der Waals surface area (Å²) in [5, 5.41) is 0.641. The van der Waals surface area contributed by atoms with Gasteiger partial charge in [0.1, 0.15) is 16.4 Å². The average molecular weight is 371 g/mol. The van der Waals surface area contributed by atoms with Crippen LogP contribution >= 0.6 is 11.3 Å². The second kappa shape index (κ2) is 6.10. The largest absolute Gasteiger partial charge is 0.497 e. The molecule has 0 unspecified atom stereocenters. The van der Waals surface area contributed by atoms with E-state index in [9.17, 15) is 4.79 Å². The predicted molar refractivity (Wildman–Crippen MR) is 102 cm³/mol. The van der Waals surface area contributed by atoms with Gasteiger partial charge in [0.15, 0.2) is 0 Å². The van der Waals surface area contributed by atoms with Gasteiger partial charge in [0.05, 0.1) is 24.7 Å². The number of rotatable bonds is 3. The van der Waals surface area contributed by atoms with E-state index in [1.165, 1.54) is 16.0 Å². The van der Waals surface area contributed by atoms with Crippen molar-refractivity contribution in [3.8, 4) is 5.75 Å². The number of nitrogens with zero attached hydrogens (tertiary/aromatic N) is 2. The Kier molecular flexibility index (Phi) is 4.00. The van der Waals surface area contributed by atoms with Crippen molar-refractivity contribution in [2.24, 2.45) is 0 Å². The predicted octanol–water partition coefficient (Wildman–Crippen LogP) is 2.62. The first kappa shape index (κ1) is 17.1. The zero-order valence-corrected chi connectivity index (χ0v) is 15.9. The highest BCUT2D eigenvalue weighted by molar-refractivity contribution is 7.18. The molecule has 136 valence electrons. The van der Waals surface area contributed by atoms with Gasteiger partial charge in [-0.25, -0.2) is 9.66 Å². The lowest BCUT2D eigenvalue weighted by molar-refractivity contribution is -0.0379. The second-order valence-corrected chi connectivity index (χ2v) is 8.22. The first-order valence-electron chi connectivity index (χ1n) is 8.46. The van der Waals surface area contributed by atoms with Crippen molar-refractivity contribution in [2.45, 2.75) is 38.9 Å². The van der Waals surface area contributed by atoms with E-state index >= 15 is 0 Å². The summed E-state index contributed by atoms with van der Waals surface area (Å²) in [6.07, 6.45) is 1.17. The number of aromatic nitrogens is 2. The van der Waals surface area contributed by atoms with Gasteiger partial charge in [-0.2, -0.15) is 0 Å². The van der Waals surface area contributed by atoms with E-state index in [4.69, 9.17) is 20.3 Å². The molecule has 3 heterocycles. The first-order valence-corrected chi connectivity index (χ1v) is 9.28. The second-order valence-electron chi connectivity index (χ2n) is 7.14. The molecule has 0 fully saturated rings.